The van der Waals surface area contributed by atoms with Gasteiger partial charge in [0.25, 0.3) is 5.91 Å². The highest BCUT2D eigenvalue weighted by Gasteiger charge is 2.06. The minimum atomic E-state index is -0.290. The zero-order valence-corrected chi connectivity index (χ0v) is 18.2. The molecule has 2 N–H and O–H groups in total. The second-order valence-corrected chi connectivity index (χ2v) is 7.97. The molecule has 0 aliphatic heterocycles. The van der Waals surface area contributed by atoms with Crippen LogP contribution in [0.4, 0.5) is 5.69 Å². The summed E-state index contributed by atoms with van der Waals surface area (Å²) in [4.78, 5) is 11.8. The topological polar surface area (TPSA) is 53.5 Å². The molecule has 2 aromatic carbocycles. The number of amides is 1. The number of hydrazone groups is 1. The number of benzene rings is 2. The van der Waals surface area contributed by atoms with Gasteiger partial charge in [0.05, 0.1) is 23.5 Å². The Kier molecular flexibility index (Phi) is 7.56. The second kappa shape index (κ2) is 9.20. The summed E-state index contributed by atoms with van der Waals surface area (Å²) in [6.45, 7) is 0.0678. The largest absolute Gasteiger partial charge is 0.375 e. The first-order valence-electron chi connectivity index (χ1n) is 6.52. The van der Waals surface area contributed by atoms with E-state index in [1.165, 1.54) is 6.21 Å². The minimum Gasteiger partial charge on any atom is -0.375 e. The van der Waals surface area contributed by atoms with E-state index in [-0.39, 0.29) is 12.5 Å². The Morgan fingerprint density at radius 2 is 1.79 bits per heavy atom. The van der Waals surface area contributed by atoms with E-state index in [9.17, 15) is 4.79 Å². The summed E-state index contributed by atoms with van der Waals surface area (Å²) >= 11 is 22.1. The minimum absolute atomic E-state index is 0.0678. The SMILES string of the molecule is O=C(CNc1cc(Br)c(Br)cc1Br)N/N=C/c1ccc(Cl)cc1Cl. The van der Waals surface area contributed by atoms with Gasteiger partial charge in [0, 0.05) is 24.0 Å². The van der Waals surface area contributed by atoms with Crippen molar-refractivity contribution in [1.29, 1.82) is 0 Å². The van der Waals surface area contributed by atoms with E-state index in [1.807, 2.05) is 12.1 Å². The van der Waals surface area contributed by atoms with Crippen LogP contribution in [-0.2, 0) is 4.79 Å². The van der Waals surface area contributed by atoms with Crippen LogP contribution in [-0.4, -0.2) is 18.7 Å². The van der Waals surface area contributed by atoms with E-state index in [4.69, 9.17) is 23.2 Å². The number of carbonyl (C=O) groups excluding carboxylic acids is 1. The van der Waals surface area contributed by atoms with Gasteiger partial charge in [-0.1, -0.05) is 29.3 Å². The molecule has 24 heavy (non-hydrogen) atoms. The van der Waals surface area contributed by atoms with Crippen molar-refractivity contribution in [1.82, 2.24) is 5.43 Å². The second-order valence-electron chi connectivity index (χ2n) is 4.56. The lowest BCUT2D eigenvalue weighted by Crippen LogP contribution is -2.26. The van der Waals surface area contributed by atoms with Crippen LogP contribution in [0.15, 0.2) is 48.9 Å². The number of nitrogens with zero attached hydrogens (tertiary/aromatic N) is 1. The molecule has 0 heterocycles. The molecule has 0 atom stereocenters. The number of hydrogen-bond acceptors (Lipinski definition) is 3. The van der Waals surface area contributed by atoms with Crippen molar-refractivity contribution in [3.05, 3.63) is 59.4 Å². The van der Waals surface area contributed by atoms with Crippen LogP contribution in [0.5, 0.6) is 0 Å². The third kappa shape index (κ3) is 5.74. The molecule has 2 aromatic rings. The molecule has 0 aromatic heterocycles. The summed E-state index contributed by atoms with van der Waals surface area (Å²) in [5.41, 5.74) is 3.87. The zero-order chi connectivity index (χ0) is 17.7. The van der Waals surface area contributed by atoms with Crippen LogP contribution in [0.2, 0.25) is 10.0 Å². The molecule has 0 aliphatic rings. The van der Waals surface area contributed by atoms with Crippen LogP contribution >= 0.6 is 71.0 Å². The molecule has 0 spiro atoms. The number of halogens is 5. The van der Waals surface area contributed by atoms with Gasteiger partial charge in [0.15, 0.2) is 0 Å². The Hall–Kier alpha value is -0.600. The van der Waals surface area contributed by atoms with E-state index < -0.39 is 0 Å². The number of nitrogens with one attached hydrogen (secondary N) is 2. The van der Waals surface area contributed by atoms with Gasteiger partial charge in [-0.2, -0.15) is 5.10 Å². The third-order valence-electron chi connectivity index (χ3n) is 2.80. The van der Waals surface area contributed by atoms with Crippen molar-refractivity contribution < 1.29 is 4.79 Å². The quantitative estimate of drug-likeness (QED) is 0.275. The lowest BCUT2D eigenvalue weighted by atomic mass is 10.2. The smallest absolute Gasteiger partial charge is 0.259 e. The Morgan fingerprint density at radius 1 is 1.08 bits per heavy atom. The molecule has 0 saturated carbocycles. The number of hydrogen-bond donors (Lipinski definition) is 2. The zero-order valence-electron chi connectivity index (χ0n) is 11.9. The van der Waals surface area contributed by atoms with Crippen LogP contribution in [0, 0.1) is 0 Å². The maximum absolute atomic E-state index is 11.8. The fraction of sp³-hybridized carbons (Fsp3) is 0.0667. The molecule has 9 heteroatoms. The van der Waals surface area contributed by atoms with Crippen LogP contribution in [0.25, 0.3) is 0 Å². The lowest BCUT2D eigenvalue weighted by Gasteiger charge is -2.09. The monoisotopic (exact) mass is 555 g/mol. The summed E-state index contributed by atoms with van der Waals surface area (Å²) in [6, 6.07) is 8.76. The molecule has 0 fully saturated rings. The van der Waals surface area contributed by atoms with Gasteiger partial charge < -0.3 is 5.32 Å². The summed E-state index contributed by atoms with van der Waals surface area (Å²) in [6.07, 6.45) is 1.46. The molecule has 0 radical (unpaired) electrons. The van der Waals surface area contributed by atoms with Gasteiger partial charge in [-0.3, -0.25) is 4.79 Å². The molecule has 0 saturated heterocycles. The normalized spacial score (nSPS) is 10.9. The van der Waals surface area contributed by atoms with E-state index >= 15 is 0 Å². The molecule has 2 rings (SSSR count). The predicted molar refractivity (Wildman–Crippen MR) is 110 cm³/mol. The Labute approximate surface area is 174 Å². The first kappa shape index (κ1) is 19.7. The molecule has 0 aliphatic carbocycles. The fourth-order valence-electron chi connectivity index (χ4n) is 1.65. The highest BCUT2D eigenvalue weighted by molar-refractivity contribution is 9.13. The average Bonchev–Trinajstić information content (AvgIpc) is 2.51. The summed E-state index contributed by atoms with van der Waals surface area (Å²) in [5, 5.41) is 7.90. The van der Waals surface area contributed by atoms with Gasteiger partial charge in [0.1, 0.15) is 0 Å². The third-order valence-corrected chi connectivity index (χ3v) is 5.87. The molecular formula is C15H10Br3Cl2N3O. The Balaban J connectivity index is 1.90. The van der Waals surface area contributed by atoms with Gasteiger partial charge in [-0.15, -0.1) is 0 Å². The Bertz CT molecular complexity index is 800. The fourth-order valence-corrected chi connectivity index (χ4v) is 3.59. The number of carbonyl (C=O) groups is 1. The average molecular weight is 559 g/mol. The Morgan fingerprint density at radius 3 is 2.50 bits per heavy atom. The van der Waals surface area contributed by atoms with E-state index in [0.717, 1.165) is 19.1 Å². The molecule has 126 valence electrons. The summed E-state index contributed by atoms with van der Waals surface area (Å²) in [5.74, 6) is -0.290. The van der Waals surface area contributed by atoms with Gasteiger partial charge >= 0.3 is 0 Å². The van der Waals surface area contributed by atoms with Crippen molar-refractivity contribution >= 4 is 88.8 Å². The van der Waals surface area contributed by atoms with Gasteiger partial charge in [-0.05, 0) is 72.1 Å². The summed E-state index contributed by atoms with van der Waals surface area (Å²) < 4.78 is 2.62. The maximum atomic E-state index is 11.8. The van der Waals surface area contributed by atoms with Crippen LogP contribution < -0.4 is 10.7 Å². The van der Waals surface area contributed by atoms with Crippen molar-refractivity contribution in [3.63, 3.8) is 0 Å². The predicted octanol–water partition coefficient (Wildman–Crippen LogP) is 5.84. The van der Waals surface area contributed by atoms with E-state index in [2.05, 4.69) is 63.6 Å². The maximum Gasteiger partial charge on any atom is 0.259 e. The molecular weight excluding hydrogens is 549 g/mol. The lowest BCUT2D eigenvalue weighted by molar-refractivity contribution is -0.119. The molecule has 0 bridgehead atoms. The molecule has 1 amide bonds. The van der Waals surface area contributed by atoms with E-state index in [0.29, 0.717) is 15.6 Å². The highest BCUT2D eigenvalue weighted by Crippen LogP contribution is 2.32. The van der Waals surface area contributed by atoms with Gasteiger partial charge in [-0.25, -0.2) is 5.43 Å². The van der Waals surface area contributed by atoms with Crippen molar-refractivity contribution in [2.45, 2.75) is 0 Å². The first-order valence-corrected chi connectivity index (χ1v) is 9.65. The first-order chi connectivity index (χ1) is 11.4. The number of anilines is 1. The molecule has 4 nitrogen and oxygen atoms in total. The van der Waals surface area contributed by atoms with E-state index in [1.54, 1.807) is 18.2 Å². The van der Waals surface area contributed by atoms with Crippen molar-refractivity contribution in [3.8, 4) is 0 Å². The summed E-state index contributed by atoms with van der Waals surface area (Å²) in [7, 11) is 0. The standard InChI is InChI=1S/C15H10Br3Cl2N3O/c16-10-4-12(18)14(5-11(10)17)21-7-15(24)23-22-6-8-1-2-9(19)3-13(8)20/h1-6,21H,7H2,(H,23,24)/b22-6+. The molecule has 0 unspecified atom stereocenters. The van der Waals surface area contributed by atoms with Crippen LogP contribution in [0.1, 0.15) is 5.56 Å². The van der Waals surface area contributed by atoms with Crippen LogP contribution in [0.3, 0.4) is 0 Å². The van der Waals surface area contributed by atoms with Crippen molar-refractivity contribution in [2.24, 2.45) is 5.10 Å². The van der Waals surface area contributed by atoms with Gasteiger partial charge in [0.2, 0.25) is 0 Å². The highest BCUT2D eigenvalue weighted by atomic mass is 79.9. The van der Waals surface area contributed by atoms with Crippen molar-refractivity contribution in [2.75, 3.05) is 11.9 Å². The number of rotatable bonds is 5.